The van der Waals surface area contributed by atoms with E-state index in [1.807, 2.05) is 0 Å². The van der Waals surface area contributed by atoms with Gasteiger partial charge in [0, 0.05) is 5.39 Å². The molecule has 3 N–H and O–H groups in total. The van der Waals surface area contributed by atoms with Gasteiger partial charge in [0.2, 0.25) is 0 Å². The van der Waals surface area contributed by atoms with Crippen LogP contribution >= 0.6 is 0 Å². The van der Waals surface area contributed by atoms with E-state index in [0.29, 0.717) is 5.56 Å². The number of nitrogens with two attached hydrogens (primary N) is 1. The molecule has 1 fully saturated rings. The Labute approximate surface area is 129 Å². The first-order valence-corrected chi connectivity index (χ1v) is 7.17. The topological polar surface area (TPSA) is 72.5 Å². The van der Waals surface area contributed by atoms with Gasteiger partial charge in [0.25, 0.3) is 0 Å². The Bertz CT molecular complexity index is 832. The average Bonchev–Trinajstić information content (AvgIpc) is 3.35. The zero-order chi connectivity index (χ0) is 16.9. The van der Waals surface area contributed by atoms with Crippen molar-refractivity contribution in [2.75, 3.05) is 12.3 Å². The monoisotopic (exact) mass is 325 g/mol. The first-order valence-electron chi connectivity index (χ1n) is 7.17. The summed E-state index contributed by atoms with van der Waals surface area (Å²) in [4.78, 5) is 12.0. The first kappa shape index (κ1) is 15.5. The normalized spacial score (nSPS) is 14.3. The number of halogens is 3. The number of nitrogen functional groups attached to an aromatic ring is 1. The number of phenolic OH excluding ortho intramolecular Hbond substituents is 1. The zero-order valence-electron chi connectivity index (χ0n) is 12.3. The van der Waals surface area contributed by atoms with Crippen LogP contribution in [0.15, 0.2) is 6.07 Å². The summed E-state index contributed by atoms with van der Waals surface area (Å²) >= 11 is 0. The molecule has 0 atom stereocenters. The highest BCUT2D eigenvalue weighted by Crippen LogP contribution is 2.48. The number of rotatable bonds is 3. The standard InChI is InChI=1S/C16H14F3NO3/c1-2-23-16(22)8-5-7(6-3-4-6)9-10(15(8)21)14(20)13(19)12(18)11(9)17/h5-6,21H,2-4,20H2,1H3. The molecule has 0 radical (unpaired) electrons. The molecule has 23 heavy (non-hydrogen) atoms. The van der Waals surface area contributed by atoms with Gasteiger partial charge in [0.1, 0.15) is 11.3 Å². The summed E-state index contributed by atoms with van der Waals surface area (Å²) in [6.45, 7) is 1.65. The van der Waals surface area contributed by atoms with Crippen LogP contribution in [0.25, 0.3) is 10.8 Å². The molecular weight excluding hydrogens is 311 g/mol. The molecule has 122 valence electrons. The number of carbonyl (C=O) groups excluding carboxylic acids is 1. The van der Waals surface area contributed by atoms with Crippen LogP contribution in [0, 0.1) is 17.5 Å². The molecule has 0 aromatic heterocycles. The summed E-state index contributed by atoms with van der Waals surface area (Å²) in [5.74, 6) is -6.34. The van der Waals surface area contributed by atoms with Crippen molar-refractivity contribution >= 4 is 22.4 Å². The van der Waals surface area contributed by atoms with Crippen molar-refractivity contribution < 1.29 is 27.8 Å². The van der Waals surface area contributed by atoms with E-state index in [2.05, 4.69) is 0 Å². The fraction of sp³-hybridized carbons (Fsp3) is 0.312. The second kappa shape index (κ2) is 5.33. The van der Waals surface area contributed by atoms with Crippen LogP contribution in [-0.2, 0) is 4.74 Å². The van der Waals surface area contributed by atoms with Crippen molar-refractivity contribution in [3.05, 3.63) is 34.6 Å². The van der Waals surface area contributed by atoms with Gasteiger partial charge in [-0.15, -0.1) is 0 Å². The molecule has 1 aliphatic carbocycles. The minimum Gasteiger partial charge on any atom is -0.506 e. The maximum Gasteiger partial charge on any atom is 0.341 e. The molecule has 0 spiro atoms. The van der Waals surface area contributed by atoms with Crippen LogP contribution in [0.5, 0.6) is 5.75 Å². The number of ether oxygens (including phenoxy) is 1. The lowest BCUT2D eigenvalue weighted by atomic mass is 9.94. The molecule has 1 aliphatic rings. The molecule has 0 bridgehead atoms. The predicted molar refractivity (Wildman–Crippen MR) is 77.8 cm³/mol. The number of carbonyl (C=O) groups is 1. The Hall–Kier alpha value is -2.44. The minimum atomic E-state index is -1.69. The van der Waals surface area contributed by atoms with Crippen molar-refractivity contribution in [2.45, 2.75) is 25.7 Å². The summed E-state index contributed by atoms with van der Waals surface area (Å²) < 4.78 is 46.5. The van der Waals surface area contributed by atoms with E-state index < -0.39 is 40.2 Å². The maximum atomic E-state index is 14.3. The third kappa shape index (κ3) is 2.27. The van der Waals surface area contributed by atoms with Gasteiger partial charge in [-0.3, -0.25) is 0 Å². The predicted octanol–water partition coefficient (Wildman–Crippen LogP) is 3.60. The number of hydrogen-bond donors (Lipinski definition) is 2. The third-order valence-electron chi connectivity index (χ3n) is 3.95. The smallest absolute Gasteiger partial charge is 0.341 e. The highest BCUT2D eigenvalue weighted by atomic mass is 19.2. The second-order valence-electron chi connectivity index (χ2n) is 5.46. The summed E-state index contributed by atoms with van der Waals surface area (Å²) in [6, 6.07) is 1.27. The molecule has 0 amide bonds. The Morgan fingerprint density at radius 3 is 2.48 bits per heavy atom. The van der Waals surface area contributed by atoms with Gasteiger partial charge >= 0.3 is 5.97 Å². The fourth-order valence-electron chi connectivity index (χ4n) is 2.71. The van der Waals surface area contributed by atoms with Gasteiger partial charge in [0.15, 0.2) is 17.5 Å². The zero-order valence-corrected chi connectivity index (χ0v) is 12.3. The largest absolute Gasteiger partial charge is 0.506 e. The molecule has 3 rings (SSSR count). The number of hydrogen-bond acceptors (Lipinski definition) is 4. The number of esters is 1. The Kier molecular flexibility index (Phi) is 3.58. The number of benzene rings is 2. The van der Waals surface area contributed by atoms with Crippen molar-refractivity contribution in [3.8, 4) is 5.75 Å². The van der Waals surface area contributed by atoms with Crippen molar-refractivity contribution in [3.63, 3.8) is 0 Å². The van der Waals surface area contributed by atoms with Crippen molar-refractivity contribution in [1.82, 2.24) is 0 Å². The first-order chi connectivity index (χ1) is 10.9. The summed E-state index contributed by atoms with van der Waals surface area (Å²) in [5, 5.41) is 9.58. The lowest BCUT2D eigenvalue weighted by Gasteiger charge is -2.15. The maximum absolute atomic E-state index is 14.3. The molecule has 2 aromatic carbocycles. The summed E-state index contributed by atoms with van der Waals surface area (Å²) in [6.07, 6.45) is 1.45. The van der Waals surface area contributed by atoms with Gasteiger partial charge in [-0.2, -0.15) is 0 Å². The van der Waals surface area contributed by atoms with Crippen LogP contribution in [0.1, 0.15) is 41.6 Å². The van der Waals surface area contributed by atoms with Crippen molar-refractivity contribution in [1.29, 1.82) is 0 Å². The highest BCUT2D eigenvalue weighted by molar-refractivity contribution is 6.07. The number of fused-ring (bicyclic) bond motifs is 1. The van der Waals surface area contributed by atoms with E-state index in [0.717, 1.165) is 12.8 Å². The minimum absolute atomic E-state index is 0.0662. The van der Waals surface area contributed by atoms with Crippen LogP contribution in [-0.4, -0.2) is 17.7 Å². The van der Waals surface area contributed by atoms with Crippen LogP contribution in [0.2, 0.25) is 0 Å². The van der Waals surface area contributed by atoms with E-state index in [9.17, 15) is 23.1 Å². The molecule has 2 aromatic rings. The molecule has 0 unspecified atom stereocenters. The molecule has 7 heteroatoms. The molecule has 1 saturated carbocycles. The highest BCUT2D eigenvalue weighted by Gasteiger charge is 2.33. The van der Waals surface area contributed by atoms with Gasteiger partial charge < -0.3 is 15.6 Å². The summed E-state index contributed by atoms with van der Waals surface area (Å²) in [7, 11) is 0. The van der Waals surface area contributed by atoms with E-state index >= 15 is 0 Å². The molecular formula is C16H14F3NO3. The van der Waals surface area contributed by atoms with Gasteiger partial charge in [-0.25, -0.2) is 18.0 Å². The molecule has 0 heterocycles. The van der Waals surface area contributed by atoms with Crippen molar-refractivity contribution in [2.24, 2.45) is 0 Å². The SMILES string of the molecule is CCOC(=O)c1cc(C2CC2)c2c(F)c(F)c(F)c(N)c2c1O. The van der Waals surface area contributed by atoms with Crippen LogP contribution in [0.4, 0.5) is 18.9 Å². The van der Waals surface area contributed by atoms with Gasteiger partial charge in [0.05, 0.1) is 17.7 Å². The second-order valence-corrected chi connectivity index (χ2v) is 5.46. The molecule has 4 nitrogen and oxygen atoms in total. The average molecular weight is 325 g/mol. The van der Waals surface area contributed by atoms with Gasteiger partial charge in [-0.1, -0.05) is 0 Å². The van der Waals surface area contributed by atoms with E-state index in [4.69, 9.17) is 10.5 Å². The third-order valence-corrected chi connectivity index (χ3v) is 3.95. The fourth-order valence-corrected chi connectivity index (χ4v) is 2.71. The van der Waals surface area contributed by atoms with E-state index in [-0.39, 0.29) is 23.5 Å². The lowest BCUT2D eigenvalue weighted by Crippen LogP contribution is -2.09. The Morgan fingerprint density at radius 2 is 1.91 bits per heavy atom. The number of anilines is 1. The van der Waals surface area contributed by atoms with Crippen LogP contribution < -0.4 is 5.73 Å². The van der Waals surface area contributed by atoms with Gasteiger partial charge in [-0.05, 0) is 37.3 Å². The number of aromatic hydroxyl groups is 1. The van der Waals surface area contributed by atoms with Crippen LogP contribution in [0.3, 0.4) is 0 Å². The Balaban J connectivity index is 2.43. The van der Waals surface area contributed by atoms with E-state index in [1.165, 1.54) is 6.07 Å². The number of phenols is 1. The Morgan fingerprint density at radius 1 is 1.26 bits per heavy atom. The molecule has 0 saturated heterocycles. The quantitative estimate of drug-likeness (QED) is 0.514. The summed E-state index contributed by atoms with van der Waals surface area (Å²) in [5.41, 5.74) is 4.88. The lowest BCUT2D eigenvalue weighted by molar-refractivity contribution is 0.0523. The van der Waals surface area contributed by atoms with E-state index in [1.54, 1.807) is 6.92 Å². The molecule has 0 aliphatic heterocycles.